The van der Waals surface area contributed by atoms with Crippen molar-refractivity contribution < 1.29 is 17.7 Å². The molecular formula is C28H34N2O4S. The SMILES string of the molecule is CCCCc1cc(CCCC)c2c(c1)N(CCC(c1ccccn1)S(=O)(=O)O)c1ccccc1O2. The number of nitrogens with zero attached hydrogens (tertiary/aromatic N) is 2. The first-order valence-electron chi connectivity index (χ1n) is 12.5. The van der Waals surface area contributed by atoms with Gasteiger partial charge in [-0.3, -0.25) is 9.54 Å². The minimum Gasteiger partial charge on any atom is -0.453 e. The number of hydrogen-bond acceptors (Lipinski definition) is 5. The molecule has 0 aliphatic carbocycles. The maximum atomic E-state index is 12.3. The van der Waals surface area contributed by atoms with Gasteiger partial charge >= 0.3 is 0 Å². The van der Waals surface area contributed by atoms with E-state index in [0.717, 1.165) is 61.4 Å². The predicted molar refractivity (Wildman–Crippen MR) is 140 cm³/mol. The summed E-state index contributed by atoms with van der Waals surface area (Å²) in [5, 5.41) is -1.11. The lowest BCUT2D eigenvalue weighted by molar-refractivity contribution is 0.457. The zero-order valence-electron chi connectivity index (χ0n) is 20.5. The van der Waals surface area contributed by atoms with Gasteiger partial charge in [0.2, 0.25) is 0 Å². The first-order chi connectivity index (χ1) is 16.9. The Morgan fingerprint density at radius 2 is 1.71 bits per heavy atom. The van der Waals surface area contributed by atoms with Crippen molar-refractivity contribution >= 4 is 21.5 Å². The van der Waals surface area contributed by atoms with E-state index in [-0.39, 0.29) is 6.42 Å². The minimum atomic E-state index is -4.33. The lowest BCUT2D eigenvalue weighted by atomic mass is 9.97. The second kappa shape index (κ2) is 11.2. The normalized spacial score (nSPS) is 13.6. The number of rotatable bonds is 11. The summed E-state index contributed by atoms with van der Waals surface area (Å²) >= 11 is 0. The summed E-state index contributed by atoms with van der Waals surface area (Å²) in [4.78, 5) is 6.35. The van der Waals surface area contributed by atoms with Crippen LogP contribution in [0.1, 0.15) is 68.0 Å². The molecule has 2 aromatic carbocycles. The number of aromatic nitrogens is 1. The van der Waals surface area contributed by atoms with Gasteiger partial charge in [-0.15, -0.1) is 0 Å². The number of benzene rings is 2. The molecule has 3 aromatic rings. The fourth-order valence-electron chi connectivity index (χ4n) is 4.64. The van der Waals surface area contributed by atoms with Gasteiger partial charge in [-0.25, -0.2) is 0 Å². The average Bonchev–Trinajstić information content (AvgIpc) is 2.85. The highest BCUT2D eigenvalue weighted by Gasteiger charge is 2.31. The lowest BCUT2D eigenvalue weighted by Gasteiger charge is -2.35. The number of ether oxygens (including phenoxy) is 1. The average molecular weight is 495 g/mol. The molecule has 186 valence electrons. The molecule has 0 bridgehead atoms. The third kappa shape index (κ3) is 5.85. The molecule has 0 fully saturated rings. The van der Waals surface area contributed by atoms with Crippen molar-refractivity contribution in [2.45, 2.75) is 64.0 Å². The molecule has 1 aromatic heterocycles. The van der Waals surface area contributed by atoms with Crippen LogP contribution in [-0.2, 0) is 23.0 Å². The van der Waals surface area contributed by atoms with Gasteiger partial charge in [0.15, 0.2) is 11.5 Å². The number of unbranched alkanes of at least 4 members (excludes halogenated alkanes) is 2. The van der Waals surface area contributed by atoms with Crippen LogP contribution in [0.25, 0.3) is 0 Å². The standard InChI is InChI=1S/C28H34N2O4S/c1-3-5-11-21-19-22(12-6-4-2)28-25(20-21)30(24-14-7-8-15-26(24)34-28)18-16-27(35(31,32)33)23-13-9-10-17-29-23/h7-10,13-15,17,19-20,27H,3-6,11-12,16,18H2,1-2H3,(H,31,32,33). The van der Waals surface area contributed by atoms with Gasteiger partial charge in [-0.2, -0.15) is 8.42 Å². The van der Waals surface area contributed by atoms with E-state index in [0.29, 0.717) is 12.2 Å². The molecule has 6 nitrogen and oxygen atoms in total. The van der Waals surface area contributed by atoms with E-state index < -0.39 is 15.4 Å². The van der Waals surface area contributed by atoms with Gasteiger partial charge in [0.05, 0.1) is 17.1 Å². The summed E-state index contributed by atoms with van der Waals surface area (Å²) in [5.41, 5.74) is 4.64. The van der Waals surface area contributed by atoms with Gasteiger partial charge in [0.25, 0.3) is 10.1 Å². The Balaban J connectivity index is 1.75. The van der Waals surface area contributed by atoms with E-state index in [1.165, 1.54) is 11.1 Å². The summed E-state index contributed by atoms with van der Waals surface area (Å²) in [5.74, 6) is 1.60. The summed E-state index contributed by atoms with van der Waals surface area (Å²) in [6.45, 7) is 4.76. The molecule has 0 amide bonds. The maximum absolute atomic E-state index is 12.3. The number of pyridine rings is 1. The molecule has 1 aliphatic heterocycles. The van der Waals surface area contributed by atoms with Crippen LogP contribution in [0, 0.1) is 0 Å². The largest absolute Gasteiger partial charge is 0.453 e. The summed E-state index contributed by atoms with van der Waals surface area (Å²) in [7, 11) is -4.33. The molecule has 0 saturated heterocycles. The van der Waals surface area contributed by atoms with Gasteiger partial charge in [-0.05, 0) is 73.6 Å². The fourth-order valence-corrected chi connectivity index (χ4v) is 5.49. The van der Waals surface area contributed by atoms with Gasteiger partial charge in [0, 0.05) is 12.7 Å². The number of anilines is 2. The number of para-hydroxylation sites is 2. The molecule has 0 saturated carbocycles. The highest BCUT2D eigenvalue weighted by molar-refractivity contribution is 7.86. The quantitative estimate of drug-likeness (QED) is 0.288. The van der Waals surface area contributed by atoms with Crippen LogP contribution in [0.2, 0.25) is 0 Å². The molecule has 2 heterocycles. The zero-order valence-corrected chi connectivity index (χ0v) is 21.3. The number of aryl methyl sites for hydroxylation is 2. The highest BCUT2D eigenvalue weighted by Crippen LogP contribution is 2.49. The van der Waals surface area contributed by atoms with Crippen LogP contribution in [0.5, 0.6) is 11.5 Å². The van der Waals surface area contributed by atoms with Crippen molar-refractivity contribution in [2.75, 3.05) is 11.4 Å². The minimum absolute atomic E-state index is 0.188. The van der Waals surface area contributed by atoms with Crippen LogP contribution in [0.15, 0.2) is 60.8 Å². The molecule has 1 N–H and O–H groups in total. The van der Waals surface area contributed by atoms with Crippen molar-refractivity contribution in [2.24, 2.45) is 0 Å². The van der Waals surface area contributed by atoms with Gasteiger partial charge in [0.1, 0.15) is 5.25 Å². The van der Waals surface area contributed by atoms with E-state index in [1.807, 2.05) is 24.3 Å². The maximum Gasteiger partial charge on any atom is 0.273 e. The molecule has 1 atom stereocenters. The van der Waals surface area contributed by atoms with Crippen LogP contribution in [0.4, 0.5) is 11.4 Å². The molecule has 35 heavy (non-hydrogen) atoms. The second-order valence-electron chi connectivity index (χ2n) is 9.08. The van der Waals surface area contributed by atoms with Gasteiger partial charge < -0.3 is 9.64 Å². The predicted octanol–water partition coefficient (Wildman–Crippen LogP) is 7.03. The van der Waals surface area contributed by atoms with E-state index in [9.17, 15) is 13.0 Å². The smallest absolute Gasteiger partial charge is 0.273 e. The first-order valence-corrected chi connectivity index (χ1v) is 14.0. The van der Waals surface area contributed by atoms with Crippen LogP contribution < -0.4 is 9.64 Å². The van der Waals surface area contributed by atoms with E-state index in [2.05, 4.69) is 35.9 Å². The fraction of sp³-hybridized carbons (Fsp3) is 0.393. The third-order valence-electron chi connectivity index (χ3n) is 6.48. The monoisotopic (exact) mass is 494 g/mol. The first kappa shape index (κ1) is 25.2. The van der Waals surface area contributed by atoms with E-state index >= 15 is 0 Å². The molecular weight excluding hydrogens is 460 g/mol. The molecule has 0 radical (unpaired) electrons. The van der Waals surface area contributed by atoms with Crippen molar-refractivity contribution in [1.82, 2.24) is 4.98 Å². The topological polar surface area (TPSA) is 79.7 Å². The van der Waals surface area contributed by atoms with Crippen molar-refractivity contribution in [3.8, 4) is 11.5 Å². The van der Waals surface area contributed by atoms with Crippen molar-refractivity contribution in [3.63, 3.8) is 0 Å². The van der Waals surface area contributed by atoms with E-state index in [4.69, 9.17) is 4.74 Å². The van der Waals surface area contributed by atoms with Crippen molar-refractivity contribution in [3.05, 3.63) is 77.6 Å². The third-order valence-corrected chi connectivity index (χ3v) is 7.67. The Morgan fingerprint density at radius 3 is 2.43 bits per heavy atom. The Hall–Kier alpha value is -2.90. The van der Waals surface area contributed by atoms with E-state index in [1.54, 1.807) is 24.4 Å². The molecule has 4 rings (SSSR count). The van der Waals surface area contributed by atoms with Crippen LogP contribution >= 0.6 is 0 Å². The summed E-state index contributed by atoms with van der Waals surface area (Å²) in [6, 6.07) is 17.4. The Bertz CT molecular complexity index is 1250. The number of fused-ring (bicyclic) bond motifs is 2. The Morgan fingerprint density at radius 1 is 0.971 bits per heavy atom. The molecule has 7 heteroatoms. The molecule has 1 unspecified atom stereocenters. The molecule has 1 aliphatic rings. The van der Waals surface area contributed by atoms with Crippen LogP contribution in [-0.4, -0.2) is 24.5 Å². The van der Waals surface area contributed by atoms with Crippen LogP contribution in [0.3, 0.4) is 0 Å². The zero-order chi connectivity index (χ0) is 24.8. The lowest BCUT2D eigenvalue weighted by Crippen LogP contribution is -2.26. The Kier molecular flexibility index (Phi) is 8.08. The highest BCUT2D eigenvalue weighted by atomic mass is 32.2. The summed E-state index contributed by atoms with van der Waals surface area (Å²) in [6.07, 6.45) is 8.03. The van der Waals surface area contributed by atoms with Crippen molar-refractivity contribution in [1.29, 1.82) is 0 Å². The summed E-state index contributed by atoms with van der Waals surface area (Å²) < 4.78 is 41.1. The number of hydrogen-bond donors (Lipinski definition) is 1. The second-order valence-corrected chi connectivity index (χ2v) is 10.7. The van der Waals surface area contributed by atoms with Gasteiger partial charge in [-0.1, -0.05) is 51.0 Å². The molecule has 0 spiro atoms. The Labute approximate surface area is 208 Å².